The molecule has 1 aromatic carbocycles. The van der Waals surface area contributed by atoms with E-state index in [-0.39, 0.29) is 17.7 Å². The van der Waals surface area contributed by atoms with Crippen molar-refractivity contribution in [3.8, 4) is 17.6 Å². The van der Waals surface area contributed by atoms with E-state index in [4.69, 9.17) is 9.47 Å². The molecule has 0 spiro atoms. The topological polar surface area (TPSA) is 143 Å². The minimum atomic E-state index is -1.13. The summed E-state index contributed by atoms with van der Waals surface area (Å²) in [6.07, 6.45) is 1.45. The van der Waals surface area contributed by atoms with Crippen molar-refractivity contribution in [1.82, 2.24) is 4.90 Å². The normalized spacial score (nSPS) is 11.0. The molecule has 0 fully saturated rings. The zero-order valence-corrected chi connectivity index (χ0v) is 18.1. The summed E-state index contributed by atoms with van der Waals surface area (Å²) in [5, 5.41) is 30.7. The average Bonchev–Trinajstić information content (AvgIpc) is 2.71. The molecule has 1 amide bonds. The number of aromatic hydroxyl groups is 1. The van der Waals surface area contributed by atoms with Crippen molar-refractivity contribution >= 4 is 23.8 Å². The standard InChI is InChI=1S/C21H27N3O7/c1-5-23(6-2)20(26)16(13-22)10-15-11-17(24(28)29)19(25)18(12-15)31-21(27)30-9-7-8-14(3)4/h10-12,14,25H,5-9H2,1-4H3/b16-10+. The molecule has 0 radical (unpaired) electrons. The van der Waals surface area contributed by atoms with Crippen LogP contribution in [0.2, 0.25) is 0 Å². The Morgan fingerprint density at radius 2 is 1.97 bits per heavy atom. The average molecular weight is 433 g/mol. The number of likely N-dealkylation sites (N-methyl/N-ethyl adjacent to an activating group) is 1. The number of nitriles is 1. The maximum atomic E-state index is 12.4. The highest BCUT2D eigenvalue weighted by molar-refractivity contribution is 6.01. The van der Waals surface area contributed by atoms with Crippen LogP contribution in [0.15, 0.2) is 17.7 Å². The third kappa shape index (κ3) is 7.62. The summed E-state index contributed by atoms with van der Waals surface area (Å²) in [7, 11) is 0. The van der Waals surface area contributed by atoms with Gasteiger partial charge in [0.15, 0.2) is 5.75 Å². The van der Waals surface area contributed by atoms with Crippen LogP contribution in [0.1, 0.15) is 46.1 Å². The fourth-order valence-electron chi connectivity index (χ4n) is 2.67. The molecule has 31 heavy (non-hydrogen) atoms. The smallest absolute Gasteiger partial charge is 0.499 e. The van der Waals surface area contributed by atoms with Crippen LogP contribution < -0.4 is 4.74 Å². The van der Waals surface area contributed by atoms with E-state index in [1.807, 2.05) is 13.8 Å². The van der Waals surface area contributed by atoms with E-state index in [0.717, 1.165) is 24.6 Å². The summed E-state index contributed by atoms with van der Waals surface area (Å²) in [5.41, 5.74) is -0.973. The van der Waals surface area contributed by atoms with Crippen molar-refractivity contribution in [2.75, 3.05) is 19.7 Å². The number of hydrogen-bond acceptors (Lipinski definition) is 8. The van der Waals surface area contributed by atoms with Crippen LogP contribution >= 0.6 is 0 Å². The number of phenolic OH excluding ortho intramolecular Hbond substituents is 1. The van der Waals surface area contributed by atoms with Crippen molar-refractivity contribution in [3.63, 3.8) is 0 Å². The molecule has 0 bridgehead atoms. The Morgan fingerprint density at radius 1 is 1.32 bits per heavy atom. The summed E-state index contributed by atoms with van der Waals surface area (Å²) >= 11 is 0. The fourth-order valence-corrected chi connectivity index (χ4v) is 2.67. The van der Waals surface area contributed by atoms with Crippen LogP contribution in [0.4, 0.5) is 10.5 Å². The van der Waals surface area contributed by atoms with Gasteiger partial charge in [-0.15, -0.1) is 0 Å². The maximum absolute atomic E-state index is 12.4. The molecular formula is C21H27N3O7. The van der Waals surface area contributed by atoms with Crippen molar-refractivity contribution in [2.45, 2.75) is 40.5 Å². The first kappa shape index (κ1) is 25.4. The molecule has 168 valence electrons. The van der Waals surface area contributed by atoms with E-state index < -0.39 is 34.2 Å². The number of benzene rings is 1. The largest absolute Gasteiger partial charge is 0.513 e. The van der Waals surface area contributed by atoms with Gasteiger partial charge in [0.1, 0.15) is 11.6 Å². The number of phenols is 1. The summed E-state index contributed by atoms with van der Waals surface area (Å²) in [4.78, 5) is 36.2. The van der Waals surface area contributed by atoms with Gasteiger partial charge < -0.3 is 19.5 Å². The Balaban J connectivity index is 3.20. The molecule has 0 aliphatic heterocycles. The maximum Gasteiger partial charge on any atom is 0.513 e. The second kappa shape index (κ2) is 12.2. The highest BCUT2D eigenvalue weighted by atomic mass is 16.7. The first-order valence-electron chi connectivity index (χ1n) is 9.91. The number of nitro benzene ring substituents is 1. The molecule has 0 saturated carbocycles. The van der Waals surface area contributed by atoms with Crippen molar-refractivity contribution in [1.29, 1.82) is 5.26 Å². The predicted octanol–water partition coefficient (Wildman–Crippen LogP) is 4.03. The van der Waals surface area contributed by atoms with Gasteiger partial charge in [-0.1, -0.05) is 13.8 Å². The third-order valence-corrected chi connectivity index (χ3v) is 4.33. The van der Waals surface area contributed by atoms with Crippen LogP contribution in [-0.2, 0) is 9.53 Å². The van der Waals surface area contributed by atoms with Gasteiger partial charge in [-0.3, -0.25) is 14.9 Å². The first-order valence-corrected chi connectivity index (χ1v) is 9.91. The molecule has 0 heterocycles. The van der Waals surface area contributed by atoms with Gasteiger partial charge in [0.2, 0.25) is 5.75 Å². The Bertz CT molecular complexity index is 884. The van der Waals surface area contributed by atoms with Gasteiger partial charge in [0, 0.05) is 19.2 Å². The third-order valence-electron chi connectivity index (χ3n) is 4.33. The second-order valence-corrected chi connectivity index (χ2v) is 7.03. The summed E-state index contributed by atoms with van der Waals surface area (Å²) in [6.45, 7) is 8.39. The molecule has 1 N–H and O–H groups in total. The minimum Gasteiger partial charge on any atom is -0.499 e. The van der Waals surface area contributed by atoms with Gasteiger partial charge >= 0.3 is 11.8 Å². The minimum absolute atomic E-state index is 0.0316. The van der Waals surface area contributed by atoms with Crippen LogP contribution in [0.5, 0.6) is 11.5 Å². The number of ether oxygens (including phenoxy) is 2. The molecule has 0 aromatic heterocycles. The van der Waals surface area contributed by atoms with Gasteiger partial charge in [-0.05, 0) is 50.3 Å². The lowest BCUT2D eigenvalue weighted by atomic mass is 10.1. The van der Waals surface area contributed by atoms with E-state index >= 15 is 0 Å². The summed E-state index contributed by atoms with van der Waals surface area (Å²) in [5.74, 6) is -1.49. The number of rotatable bonds is 10. The van der Waals surface area contributed by atoms with E-state index in [9.17, 15) is 30.1 Å². The zero-order chi connectivity index (χ0) is 23.6. The van der Waals surface area contributed by atoms with Gasteiger partial charge in [-0.25, -0.2) is 4.79 Å². The number of carbonyl (C=O) groups is 2. The highest BCUT2D eigenvalue weighted by Crippen LogP contribution is 2.38. The molecule has 1 aromatic rings. The quantitative estimate of drug-likeness (QED) is 0.111. The molecule has 10 nitrogen and oxygen atoms in total. The number of nitro groups is 1. The van der Waals surface area contributed by atoms with Crippen LogP contribution in [0.25, 0.3) is 6.08 Å². The Morgan fingerprint density at radius 3 is 2.48 bits per heavy atom. The van der Waals surface area contributed by atoms with Crippen molar-refractivity contribution in [3.05, 3.63) is 33.4 Å². The molecule has 0 atom stereocenters. The number of nitrogens with zero attached hydrogens (tertiary/aromatic N) is 3. The number of carbonyl (C=O) groups excluding carboxylic acids is 2. The summed E-state index contributed by atoms with van der Waals surface area (Å²) in [6, 6.07) is 3.86. The molecular weight excluding hydrogens is 406 g/mol. The fraction of sp³-hybridized carbons (Fsp3) is 0.476. The van der Waals surface area contributed by atoms with Crippen molar-refractivity contribution < 1.29 is 29.1 Å². The zero-order valence-electron chi connectivity index (χ0n) is 18.1. The van der Waals surface area contributed by atoms with Crippen LogP contribution in [0.3, 0.4) is 0 Å². The lowest BCUT2D eigenvalue weighted by Gasteiger charge is -2.17. The van der Waals surface area contributed by atoms with Crippen LogP contribution in [-0.4, -0.2) is 46.7 Å². The van der Waals surface area contributed by atoms with E-state index in [2.05, 4.69) is 0 Å². The number of amides is 1. The number of hydrogen-bond donors (Lipinski definition) is 1. The molecule has 0 saturated heterocycles. The summed E-state index contributed by atoms with van der Waals surface area (Å²) < 4.78 is 9.85. The molecule has 0 aliphatic rings. The molecule has 10 heteroatoms. The predicted molar refractivity (Wildman–Crippen MR) is 112 cm³/mol. The Labute approximate surface area is 180 Å². The lowest BCUT2D eigenvalue weighted by Crippen LogP contribution is -2.31. The Kier molecular flexibility index (Phi) is 9.98. The molecule has 1 rings (SSSR count). The van der Waals surface area contributed by atoms with Crippen molar-refractivity contribution in [2.24, 2.45) is 5.92 Å². The second-order valence-electron chi connectivity index (χ2n) is 7.03. The first-order chi connectivity index (χ1) is 14.6. The van der Waals surface area contributed by atoms with E-state index in [1.165, 1.54) is 4.90 Å². The Hall–Kier alpha value is -3.61. The van der Waals surface area contributed by atoms with Gasteiger partial charge in [0.05, 0.1) is 11.5 Å². The SMILES string of the molecule is CCN(CC)C(=O)/C(C#N)=C/c1cc(OC(=O)OCCCC(C)C)c(O)c([N+](=O)[O-])c1. The van der Waals surface area contributed by atoms with Crippen LogP contribution in [0, 0.1) is 27.4 Å². The highest BCUT2D eigenvalue weighted by Gasteiger charge is 2.23. The van der Waals surface area contributed by atoms with E-state index in [0.29, 0.717) is 25.4 Å². The monoisotopic (exact) mass is 433 g/mol. The lowest BCUT2D eigenvalue weighted by molar-refractivity contribution is -0.385. The van der Waals surface area contributed by atoms with Gasteiger partial charge in [-0.2, -0.15) is 5.26 Å². The molecule has 0 unspecified atom stereocenters. The molecule has 0 aliphatic carbocycles. The van der Waals surface area contributed by atoms with Gasteiger partial charge in [0.25, 0.3) is 5.91 Å². The van der Waals surface area contributed by atoms with E-state index in [1.54, 1.807) is 19.9 Å².